The molecule has 0 bridgehead atoms. The number of rotatable bonds is 5. The molecule has 9 nitrogen and oxygen atoms in total. The van der Waals surface area contributed by atoms with Crippen molar-refractivity contribution in [3.8, 4) is 0 Å². The van der Waals surface area contributed by atoms with Crippen LogP contribution in [0.15, 0.2) is 43.2 Å². The quantitative estimate of drug-likeness (QED) is 0.700. The van der Waals surface area contributed by atoms with E-state index in [0.717, 1.165) is 11.4 Å². The second-order valence-electron chi connectivity index (χ2n) is 7.20. The lowest BCUT2D eigenvalue weighted by Crippen LogP contribution is -2.41. The number of amides is 2. The van der Waals surface area contributed by atoms with Crippen molar-refractivity contribution in [2.24, 2.45) is 7.05 Å². The molecule has 0 saturated heterocycles. The van der Waals surface area contributed by atoms with Crippen LogP contribution in [-0.2, 0) is 31.4 Å². The van der Waals surface area contributed by atoms with Crippen molar-refractivity contribution in [1.29, 1.82) is 0 Å². The average Bonchev–Trinajstić information content (AvgIpc) is 3.33. The van der Waals surface area contributed by atoms with Gasteiger partial charge in [0.05, 0.1) is 24.5 Å². The van der Waals surface area contributed by atoms with Crippen LogP contribution in [0.3, 0.4) is 0 Å². The predicted octanol–water partition coefficient (Wildman–Crippen LogP) is 1.09. The Morgan fingerprint density at radius 2 is 2.14 bits per heavy atom. The van der Waals surface area contributed by atoms with Gasteiger partial charge in [-0.05, 0) is 18.6 Å². The van der Waals surface area contributed by atoms with Crippen LogP contribution in [0.25, 0.3) is 0 Å². The summed E-state index contributed by atoms with van der Waals surface area (Å²) in [4.78, 5) is 39.7. The van der Waals surface area contributed by atoms with Gasteiger partial charge in [-0.15, -0.1) is 0 Å². The zero-order valence-electron chi connectivity index (χ0n) is 16.4. The number of nitrogens with zero attached hydrogens (tertiary/aromatic N) is 6. The van der Waals surface area contributed by atoms with Crippen molar-refractivity contribution >= 4 is 11.8 Å². The van der Waals surface area contributed by atoms with Crippen LogP contribution in [0.1, 0.15) is 40.5 Å². The average molecular weight is 393 g/mol. The van der Waals surface area contributed by atoms with Crippen LogP contribution in [0.2, 0.25) is 0 Å². The monoisotopic (exact) mass is 393 g/mol. The molecule has 2 amide bonds. The summed E-state index contributed by atoms with van der Waals surface area (Å²) in [6.07, 6.45) is 8.85. The SMILES string of the molecule is C[C@@H]1c2nc(CC(=O)NCc3cccnc3)cn2CCN1C(=O)c1cn(C)cn1. The van der Waals surface area contributed by atoms with Crippen molar-refractivity contribution in [3.05, 3.63) is 66.0 Å². The molecular formula is C20H23N7O2. The summed E-state index contributed by atoms with van der Waals surface area (Å²) in [5.74, 6) is 0.581. The minimum Gasteiger partial charge on any atom is -0.352 e. The Morgan fingerprint density at radius 1 is 1.28 bits per heavy atom. The Balaban J connectivity index is 1.41. The molecule has 1 atom stereocenters. The molecule has 1 aliphatic heterocycles. The van der Waals surface area contributed by atoms with E-state index in [1.807, 2.05) is 36.9 Å². The fourth-order valence-electron chi connectivity index (χ4n) is 3.51. The van der Waals surface area contributed by atoms with E-state index in [4.69, 9.17) is 0 Å². The Morgan fingerprint density at radius 3 is 2.86 bits per heavy atom. The van der Waals surface area contributed by atoms with Gasteiger partial charge in [0.25, 0.3) is 5.91 Å². The molecule has 0 saturated carbocycles. The zero-order chi connectivity index (χ0) is 20.4. The topological polar surface area (TPSA) is 97.9 Å². The van der Waals surface area contributed by atoms with E-state index in [1.165, 1.54) is 0 Å². The van der Waals surface area contributed by atoms with Crippen LogP contribution in [0.5, 0.6) is 0 Å². The Hall–Kier alpha value is -3.49. The lowest BCUT2D eigenvalue weighted by molar-refractivity contribution is -0.120. The summed E-state index contributed by atoms with van der Waals surface area (Å²) >= 11 is 0. The summed E-state index contributed by atoms with van der Waals surface area (Å²) in [6.45, 7) is 3.60. The van der Waals surface area contributed by atoms with Crippen molar-refractivity contribution in [1.82, 2.24) is 34.3 Å². The smallest absolute Gasteiger partial charge is 0.274 e. The fourth-order valence-corrected chi connectivity index (χ4v) is 3.51. The van der Waals surface area contributed by atoms with Gasteiger partial charge in [0.15, 0.2) is 0 Å². The molecule has 150 valence electrons. The number of hydrogen-bond donors (Lipinski definition) is 1. The van der Waals surface area contributed by atoms with Gasteiger partial charge in [0.1, 0.15) is 11.5 Å². The third-order valence-corrected chi connectivity index (χ3v) is 5.02. The number of carbonyl (C=O) groups is 2. The van der Waals surface area contributed by atoms with Crippen LogP contribution in [0.4, 0.5) is 0 Å². The van der Waals surface area contributed by atoms with Gasteiger partial charge in [0.2, 0.25) is 5.91 Å². The maximum atomic E-state index is 12.8. The van der Waals surface area contributed by atoms with Crippen LogP contribution in [-0.4, -0.2) is 47.3 Å². The normalized spacial score (nSPS) is 15.8. The largest absolute Gasteiger partial charge is 0.352 e. The van der Waals surface area contributed by atoms with Gasteiger partial charge in [-0.1, -0.05) is 6.07 Å². The number of aromatic nitrogens is 5. The number of nitrogens with one attached hydrogen (secondary N) is 1. The van der Waals surface area contributed by atoms with E-state index in [2.05, 4.69) is 20.3 Å². The zero-order valence-corrected chi connectivity index (χ0v) is 16.4. The van der Waals surface area contributed by atoms with Crippen molar-refractivity contribution < 1.29 is 9.59 Å². The molecule has 0 spiro atoms. The van der Waals surface area contributed by atoms with Gasteiger partial charge in [-0.2, -0.15) is 0 Å². The third kappa shape index (κ3) is 4.03. The standard InChI is InChI=1S/C20H23N7O2/c1-14-19-24-16(8-18(28)22-10-15-4-3-5-21-9-15)11-26(19)6-7-27(14)20(29)17-12-25(2)13-23-17/h3-5,9,11-14H,6-8,10H2,1-2H3,(H,22,28)/t14-/m1/s1. The Kier molecular flexibility index (Phi) is 5.11. The molecule has 0 radical (unpaired) electrons. The van der Waals surface area contributed by atoms with E-state index >= 15 is 0 Å². The minimum absolute atomic E-state index is 0.0987. The molecule has 0 aromatic carbocycles. The first-order valence-electron chi connectivity index (χ1n) is 9.51. The number of hydrogen-bond acceptors (Lipinski definition) is 5. The highest BCUT2D eigenvalue weighted by Gasteiger charge is 2.31. The summed E-state index contributed by atoms with van der Waals surface area (Å²) in [6, 6.07) is 3.56. The van der Waals surface area contributed by atoms with Crippen LogP contribution >= 0.6 is 0 Å². The lowest BCUT2D eigenvalue weighted by atomic mass is 10.2. The van der Waals surface area contributed by atoms with Crippen LogP contribution < -0.4 is 5.32 Å². The van der Waals surface area contributed by atoms with E-state index in [1.54, 1.807) is 34.4 Å². The number of carbonyl (C=O) groups excluding carboxylic acids is 2. The summed E-state index contributed by atoms with van der Waals surface area (Å²) in [5, 5.41) is 2.89. The molecule has 0 fully saturated rings. The second kappa shape index (κ2) is 7.86. The van der Waals surface area contributed by atoms with E-state index in [0.29, 0.717) is 31.0 Å². The Bertz CT molecular complexity index is 1020. The minimum atomic E-state index is -0.189. The highest BCUT2D eigenvalue weighted by Crippen LogP contribution is 2.26. The molecule has 4 heterocycles. The first-order valence-corrected chi connectivity index (χ1v) is 9.51. The number of imidazole rings is 2. The molecule has 9 heteroatoms. The number of pyridine rings is 1. The fraction of sp³-hybridized carbons (Fsp3) is 0.350. The number of aryl methyl sites for hydroxylation is 1. The first-order chi connectivity index (χ1) is 14.0. The van der Waals surface area contributed by atoms with Crippen molar-refractivity contribution in [3.63, 3.8) is 0 Å². The van der Waals surface area contributed by atoms with Gasteiger partial charge < -0.3 is 19.4 Å². The van der Waals surface area contributed by atoms with Crippen LogP contribution in [0, 0.1) is 0 Å². The summed E-state index contributed by atoms with van der Waals surface area (Å²) in [7, 11) is 1.84. The summed E-state index contributed by atoms with van der Waals surface area (Å²) < 4.78 is 3.78. The molecule has 4 rings (SSSR count). The van der Waals surface area contributed by atoms with Gasteiger partial charge in [-0.3, -0.25) is 14.6 Å². The molecule has 1 N–H and O–H groups in total. The highest BCUT2D eigenvalue weighted by atomic mass is 16.2. The van der Waals surface area contributed by atoms with E-state index in [9.17, 15) is 9.59 Å². The molecule has 3 aromatic rings. The van der Waals surface area contributed by atoms with Gasteiger partial charge in [-0.25, -0.2) is 9.97 Å². The molecule has 29 heavy (non-hydrogen) atoms. The van der Waals surface area contributed by atoms with Crippen molar-refractivity contribution in [2.75, 3.05) is 6.54 Å². The van der Waals surface area contributed by atoms with Crippen molar-refractivity contribution in [2.45, 2.75) is 32.5 Å². The molecule has 3 aromatic heterocycles. The molecule has 0 unspecified atom stereocenters. The first kappa shape index (κ1) is 18.9. The second-order valence-corrected chi connectivity index (χ2v) is 7.20. The van der Waals surface area contributed by atoms with Gasteiger partial charge in [0, 0.05) is 51.5 Å². The van der Waals surface area contributed by atoms with Gasteiger partial charge >= 0.3 is 0 Å². The predicted molar refractivity (Wildman–Crippen MR) is 105 cm³/mol. The maximum Gasteiger partial charge on any atom is 0.274 e. The lowest BCUT2D eigenvalue weighted by Gasteiger charge is -2.33. The molecule has 1 aliphatic rings. The van der Waals surface area contributed by atoms with E-state index in [-0.39, 0.29) is 24.3 Å². The summed E-state index contributed by atoms with van der Waals surface area (Å²) in [5.41, 5.74) is 2.07. The molecule has 0 aliphatic carbocycles. The third-order valence-electron chi connectivity index (χ3n) is 5.02. The number of fused-ring (bicyclic) bond motifs is 1. The highest BCUT2D eigenvalue weighted by molar-refractivity contribution is 5.92. The van der Waals surface area contributed by atoms with E-state index < -0.39 is 0 Å². The maximum absolute atomic E-state index is 12.8. The Labute approximate surface area is 168 Å². The molecular weight excluding hydrogens is 370 g/mol.